The first-order valence-corrected chi connectivity index (χ1v) is 8.18. The number of benzene rings is 2. The van der Waals surface area contributed by atoms with Crippen molar-refractivity contribution in [2.45, 2.75) is 18.7 Å². The number of carbonyl (C=O) groups excluding carboxylic acids is 1. The van der Waals surface area contributed by atoms with Gasteiger partial charge in [-0.25, -0.2) is 4.39 Å². The molecule has 2 rings (SSSR count). The topological polar surface area (TPSA) is 29.1 Å². The van der Waals surface area contributed by atoms with E-state index in [9.17, 15) is 9.18 Å². The van der Waals surface area contributed by atoms with Crippen LogP contribution in [0.5, 0.6) is 0 Å². The Kier molecular flexibility index (Phi) is 5.42. The van der Waals surface area contributed by atoms with E-state index in [0.29, 0.717) is 0 Å². The van der Waals surface area contributed by atoms with Crippen molar-refractivity contribution >= 4 is 39.3 Å². The second kappa shape index (κ2) is 7.09. The van der Waals surface area contributed by atoms with Gasteiger partial charge < -0.3 is 5.32 Å². The summed E-state index contributed by atoms with van der Waals surface area (Å²) in [4.78, 5) is 13.0. The summed E-state index contributed by atoms with van der Waals surface area (Å²) in [7, 11) is 0. The first-order valence-electron chi connectivity index (χ1n) is 6.40. The van der Waals surface area contributed by atoms with Gasteiger partial charge in [-0.05, 0) is 55.3 Å². The molecule has 0 fully saturated rings. The minimum absolute atomic E-state index is 0.216. The Morgan fingerprint density at radius 3 is 2.71 bits per heavy atom. The SMILES string of the molecule is Cc1ccc(F)c(NC(=O)CSc2ccc(Br)cc2C)c1. The van der Waals surface area contributed by atoms with Crippen LogP contribution in [0.25, 0.3) is 0 Å². The molecule has 0 aliphatic rings. The Bertz CT molecular complexity index is 675. The molecule has 0 heterocycles. The quantitative estimate of drug-likeness (QED) is 0.775. The molecule has 0 bridgehead atoms. The molecule has 0 saturated carbocycles. The fraction of sp³-hybridized carbons (Fsp3) is 0.188. The van der Waals surface area contributed by atoms with E-state index in [-0.39, 0.29) is 17.3 Å². The maximum atomic E-state index is 13.6. The summed E-state index contributed by atoms with van der Waals surface area (Å²) in [5.74, 6) is -0.388. The molecular formula is C16H15BrFNOS. The van der Waals surface area contributed by atoms with Gasteiger partial charge in [0.2, 0.25) is 5.91 Å². The molecule has 0 aliphatic carbocycles. The molecule has 0 saturated heterocycles. The van der Waals surface area contributed by atoms with Gasteiger partial charge in [-0.2, -0.15) is 0 Å². The fourth-order valence-electron chi connectivity index (χ4n) is 1.84. The first kappa shape index (κ1) is 16.0. The van der Waals surface area contributed by atoms with E-state index in [0.717, 1.165) is 20.5 Å². The first-order chi connectivity index (χ1) is 9.95. The smallest absolute Gasteiger partial charge is 0.234 e. The van der Waals surface area contributed by atoms with Crippen molar-refractivity contribution in [3.8, 4) is 0 Å². The average molecular weight is 368 g/mol. The molecule has 0 spiro atoms. The number of hydrogen-bond acceptors (Lipinski definition) is 2. The zero-order valence-electron chi connectivity index (χ0n) is 11.7. The summed E-state index contributed by atoms with van der Waals surface area (Å²) in [6, 6.07) is 10.6. The molecule has 5 heteroatoms. The van der Waals surface area contributed by atoms with Crippen LogP contribution >= 0.6 is 27.7 Å². The monoisotopic (exact) mass is 367 g/mol. The second-order valence-corrected chi connectivity index (χ2v) is 6.66. The van der Waals surface area contributed by atoms with Crippen molar-refractivity contribution in [3.05, 3.63) is 57.8 Å². The Balaban J connectivity index is 1.97. The lowest BCUT2D eigenvalue weighted by molar-refractivity contribution is -0.113. The Labute approximate surface area is 136 Å². The molecule has 110 valence electrons. The van der Waals surface area contributed by atoms with E-state index in [1.54, 1.807) is 12.1 Å². The number of thioether (sulfide) groups is 1. The Morgan fingerprint density at radius 1 is 1.24 bits per heavy atom. The van der Waals surface area contributed by atoms with Gasteiger partial charge in [0, 0.05) is 9.37 Å². The number of hydrogen-bond donors (Lipinski definition) is 1. The molecule has 0 aliphatic heterocycles. The van der Waals surface area contributed by atoms with Gasteiger partial charge >= 0.3 is 0 Å². The Morgan fingerprint density at radius 2 is 2.00 bits per heavy atom. The van der Waals surface area contributed by atoms with Gasteiger partial charge in [-0.1, -0.05) is 22.0 Å². The van der Waals surface area contributed by atoms with Crippen LogP contribution in [0.2, 0.25) is 0 Å². The summed E-state index contributed by atoms with van der Waals surface area (Å²) in [5.41, 5.74) is 2.24. The molecule has 2 aromatic rings. The molecule has 2 aromatic carbocycles. The summed E-state index contributed by atoms with van der Waals surface area (Å²) < 4.78 is 14.6. The van der Waals surface area contributed by atoms with Crippen LogP contribution in [0.4, 0.5) is 10.1 Å². The van der Waals surface area contributed by atoms with E-state index in [4.69, 9.17) is 0 Å². The normalized spacial score (nSPS) is 10.5. The van der Waals surface area contributed by atoms with Crippen molar-refractivity contribution in [2.75, 3.05) is 11.1 Å². The van der Waals surface area contributed by atoms with Gasteiger partial charge in [-0.3, -0.25) is 4.79 Å². The molecule has 1 amide bonds. The third-order valence-corrected chi connectivity index (χ3v) is 4.56. The van der Waals surface area contributed by atoms with Crippen LogP contribution in [0.15, 0.2) is 45.8 Å². The van der Waals surface area contributed by atoms with Crippen LogP contribution in [-0.4, -0.2) is 11.7 Å². The maximum absolute atomic E-state index is 13.6. The minimum Gasteiger partial charge on any atom is -0.323 e. The van der Waals surface area contributed by atoms with Crippen molar-refractivity contribution in [2.24, 2.45) is 0 Å². The number of anilines is 1. The lowest BCUT2D eigenvalue weighted by Gasteiger charge is -2.08. The zero-order valence-corrected chi connectivity index (χ0v) is 14.1. The van der Waals surface area contributed by atoms with Gasteiger partial charge in [0.25, 0.3) is 0 Å². The van der Waals surface area contributed by atoms with E-state index in [2.05, 4.69) is 21.2 Å². The summed E-state index contributed by atoms with van der Waals surface area (Å²) >= 11 is 4.84. The molecule has 0 radical (unpaired) electrons. The third kappa shape index (κ3) is 4.58. The highest BCUT2D eigenvalue weighted by molar-refractivity contribution is 9.10. The van der Waals surface area contributed by atoms with Crippen molar-refractivity contribution in [3.63, 3.8) is 0 Å². The standard InChI is InChI=1S/C16H15BrFNOS/c1-10-3-5-13(18)14(7-10)19-16(20)9-21-15-6-4-12(17)8-11(15)2/h3-8H,9H2,1-2H3,(H,19,20). The van der Waals surface area contributed by atoms with E-state index >= 15 is 0 Å². The van der Waals surface area contributed by atoms with Gasteiger partial charge in [0.05, 0.1) is 11.4 Å². The molecule has 1 N–H and O–H groups in total. The van der Waals surface area contributed by atoms with Crippen LogP contribution in [0.3, 0.4) is 0 Å². The van der Waals surface area contributed by atoms with Crippen LogP contribution in [-0.2, 0) is 4.79 Å². The summed E-state index contributed by atoms with van der Waals surface area (Å²) in [5, 5.41) is 2.61. The summed E-state index contributed by atoms with van der Waals surface area (Å²) in [6.45, 7) is 3.85. The van der Waals surface area contributed by atoms with Crippen molar-refractivity contribution in [1.82, 2.24) is 0 Å². The third-order valence-electron chi connectivity index (χ3n) is 2.89. The van der Waals surface area contributed by atoms with Crippen molar-refractivity contribution < 1.29 is 9.18 Å². The lowest BCUT2D eigenvalue weighted by Crippen LogP contribution is -2.15. The minimum atomic E-state index is -0.418. The van der Waals surface area contributed by atoms with Crippen LogP contribution < -0.4 is 5.32 Å². The molecule has 0 aromatic heterocycles. The molecule has 0 atom stereocenters. The number of carbonyl (C=O) groups is 1. The van der Waals surface area contributed by atoms with E-state index < -0.39 is 5.82 Å². The number of amides is 1. The number of nitrogens with one attached hydrogen (secondary N) is 1. The maximum Gasteiger partial charge on any atom is 0.234 e. The average Bonchev–Trinajstić information content (AvgIpc) is 2.42. The van der Waals surface area contributed by atoms with Crippen LogP contribution in [0.1, 0.15) is 11.1 Å². The van der Waals surface area contributed by atoms with Crippen LogP contribution in [0, 0.1) is 19.7 Å². The molecular weight excluding hydrogens is 353 g/mol. The van der Waals surface area contributed by atoms with E-state index in [1.165, 1.54) is 17.8 Å². The van der Waals surface area contributed by atoms with Gasteiger partial charge in [-0.15, -0.1) is 11.8 Å². The summed E-state index contributed by atoms with van der Waals surface area (Å²) in [6.07, 6.45) is 0. The number of rotatable bonds is 4. The highest BCUT2D eigenvalue weighted by Gasteiger charge is 2.09. The lowest BCUT2D eigenvalue weighted by atomic mass is 10.2. The predicted molar refractivity (Wildman–Crippen MR) is 89.4 cm³/mol. The second-order valence-electron chi connectivity index (χ2n) is 4.73. The Hall–Kier alpha value is -1.33. The number of halogens is 2. The fourth-order valence-corrected chi connectivity index (χ4v) is 3.12. The molecule has 2 nitrogen and oxygen atoms in total. The van der Waals surface area contributed by atoms with Gasteiger partial charge in [0.15, 0.2) is 0 Å². The van der Waals surface area contributed by atoms with Gasteiger partial charge in [0.1, 0.15) is 5.82 Å². The number of aryl methyl sites for hydroxylation is 2. The zero-order chi connectivity index (χ0) is 15.4. The highest BCUT2D eigenvalue weighted by atomic mass is 79.9. The molecule has 21 heavy (non-hydrogen) atoms. The highest BCUT2D eigenvalue weighted by Crippen LogP contribution is 2.25. The molecule has 0 unspecified atom stereocenters. The predicted octanol–water partition coefficient (Wildman–Crippen LogP) is 4.94. The van der Waals surface area contributed by atoms with E-state index in [1.807, 2.05) is 32.0 Å². The van der Waals surface area contributed by atoms with Crippen molar-refractivity contribution in [1.29, 1.82) is 0 Å². The largest absolute Gasteiger partial charge is 0.323 e.